The van der Waals surface area contributed by atoms with E-state index in [0.717, 1.165) is 0 Å². The topological polar surface area (TPSA) is 100 Å². The maximum Gasteiger partial charge on any atom is 0.305 e. The monoisotopic (exact) mass is 239 g/mol. The van der Waals surface area contributed by atoms with E-state index in [0.29, 0.717) is 5.03 Å². The minimum atomic E-state index is -0.643. The van der Waals surface area contributed by atoms with Crippen LogP contribution in [-0.2, 0) is 0 Å². The Morgan fingerprint density at radius 2 is 2.44 bits per heavy atom. The van der Waals surface area contributed by atoms with Crippen LogP contribution in [-0.4, -0.2) is 26.9 Å². The number of aliphatic hydroxyl groups excluding tert-OH is 1. The molecule has 0 saturated heterocycles. The number of thioether (sulfide) groups is 1. The fourth-order valence-corrected chi connectivity index (χ4v) is 1.75. The van der Waals surface area contributed by atoms with Crippen LogP contribution in [0.15, 0.2) is 17.2 Å². The van der Waals surface area contributed by atoms with Gasteiger partial charge in [-0.25, -0.2) is 4.98 Å². The van der Waals surface area contributed by atoms with Crippen molar-refractivity contribution in [1.82, 2.24) is 4.98 Å². The highest BCUT2D eigenvalue weighted by molar-refractivity contribution is 7.99. The third-order valence-electron chi connectivity index (χ3n) is 1.73. The SMILES string of the molecule is CC(CO)Sc1ccc([N+](=O)[O-])c(C#N)n1. The Labute approximate surface area is 96.1 Å². The minimum absolute atomic E-state index is 0.0226. The van der Waals surface area contributed by atoms with E-state index in [1.807, 2.05) is 0 Å². The van der Waals surface area contributed by atoms with Gasteiger partial charge in [-0.15, -0.1) is 11.8 Å². The third-order valence-corrected chi connectivity index (χ3v) is 2.75. The lowest BCUT2D eigenvalue weighted by molar-refractivity contribution is -0.385. The zero-order valence-corrected chi connectivity index (χ0v) is 9.27. The molecule has 0 saturated carbocycles. The zero-order chi connectivity index (χ0) is 12.1. The van der Waals surface area contributed by atoms with Crippen LogP contribution in [0.1, 0.15) is 12.6 Å². The summed E-state index contributed by atoms with van der Waals surface area (Å²) in [7, 11) is 0. The Balaban J connectivity index is 3.01. The first-order chi connectivity index (χ1) is 7.58. The van der Waals surface area contributed by atoms with Crippen LogP contribution < -0.4 is 0 Å². The van der Waals surface area contributed by atoms with Gasteiger partial charge < -0.3 is 5.11 Å². The summed E-state index contributed by atoms with van der Waals surface area (Å²) in [6, 6.07) is 4.40. The largest absolute Gasteiger partial charge is 0.395 e. The predicted molar refractivity (Wildman–Crippen MR) is 58.0 cm³/mol. The summed E-state index contributed by atoms with van der Waals surface area (Å²) >= 11 is 1.26. The first-order valence-electron chi connectivity index (χ1n) is 4.41. The molecule has 0 aliphatic carbocycles. The first-order valence-corrected chi connectivity index (χ1v) is 5.29. The quantitative estimate of drug-likeness (QED) is 0.483. The van der Waals surface area contributed by atoms with Gasteiger partial charge in [0.1, 0.15) is 6.07 Å². The fourth-order valence-electron chi connectivity index (χ4n) is 0.973. The van der Waals surface area contributed by atoms with Crippen LogP contribution >= 0.6 is 11.8 Å². The Bertz CT molecular complexity index is 444. The van der Waals surface area contributed by atoms with Gasteiger partial charge in [-0.2, -0.15) is 5.26 Å². The van der Waals surface area contributed by atoms with E-state index in [4.69, 9.17) is 10.4 Å². The molecule has 1 aromatic heterocycles. The highest BCUT2D eigenvalue weighted by atomic mass is 32.2. The predicted octanol–water partition coefficient (Wildman–Crippen LogP) is 1.33. The molecule has 1 rings (SSSR count). The van der Waals surface area contributed by atoms with E-state index < -0.39 is 4.92 Å². The molecular weight excluding hydrogens is 230 g/mol. The molecule has 1 N–H and O–H groups in total. The van der Waals surface area contributed by atoms with Gasteiger partial charge in [-0.1, -0.05) is 6.92 Å². The number of nitriles is 1. The smallest absolute Gasteiger partial charge is 0.305 e. The Kier molecular flexibility index (Phi) is 4.22. The molecule has 6 nitrogen and oxygen atoms in total. The summed E-state index contributed by atoms with van der Waals surface area (Å²) in [6.45, 7) is 1.77. The van der Waals surface area contributed by atoms with Crippen LogP contribution in [0.25, 0.3) is 0 Å². The summed E-state index contributed by atoms with van der Waals surface area (Å²) in [5, 5.41) is 28.5. The first kappa shape index (κ1) is 12.4. The van der Waals surface area contributed by atoms with Gasteiger partial charge in [-0.3, -0.25) is 10.1 Å². The molecule has 1 atom stereocenters. The van der Waals surface area contributed by atoms with Crippen LogP contribution in [0.2, 0.25) is 0 Å². The zero-order valence-electron chi connectivity index (χ0n) is 8.45. The van der Waals surface area contributed by atoms with Gasteiger partial charge in [-0.05, 0) is 6.07 Å². The van der Waals surface area contributed by atoms with Crippen molar-refractivity contribution in [3.8, 4) is 6.07 Å². The average molecular weight is 239 g/mol. The van der Waals surface area contributed by atoms with Gasteiger partial charge in [0.2, 0.25) is 5.69 Å². The summed E-state index contributed by atoms with van der Waals surface area (Å²) < 4.78 is 0. The van der Waals surface area contributed by atoms with Crippen LogP contribution in [0, 0.1) is 21.4 Å². The summed E-state index contributed by atoms with van der Waals surface area (Å²) in [5.74, 6) is 0. The van der Waals surface area contributed by atoms with Gasteiger partial charge >= 0.3 is 5.69 Å². The fraction of sp³-hybridized carbons (Fsp3) is 0.333. The lowest BCUT2D eigenvalue weighted by Gasteiger charge is -2.06. The molecule has 16 heavy (non-hydrogen) atoms. The summed E-state index contributed by atoms with van der Waals surface area (Å²) in [5.41, 5.74) is -0.511. The molecule has 0 aliphatic rings. The number of aliphatic hydroxyl groups is 1. The number of nitro groups is 1. The van der Waals surface area contributed by atoms with Crippen molar-refractivity contribution >= 4 is 17.4 Å². The van der Waals surface area contributed by atoms with Gasteiger partial charge in [0, 0.05) is 11.3 Å². The average Bonchev–Trinajstić information content (AvgIpc) is 2.28. The molecule has 0 aliphatic heterocycles. The molecule has 0 bridgehead atoms. The van der Waals surface area contributed by atoms with Gasteiger partial charge in [0.15, 0.2) is 0 Å². The highest BCUT2D eigenvalue weighted by Gasteiger charge is 2.16. The second kappa shape index (κ2) is 5.44. The van der Waals surface area contributed by atoms with E-state index in [-0.39, 0.29) is 23.2 Å². The standard InChI is InChI=1S/C9H9N3O3S/c1-6(5-13)16-9-3-2-8(12(14)15)7(4-10)11-9/h2-3,6,13H,5H2,1H3. The summed E-state index contributed by atoms with van der Waals surface area (Å²) in [4.78, 5) is 13.7. The number of hydrogen-bond acceptors (Lipinski definition) is 6. The van der Waals surface area contributed by atoms with Crippen molar-refractivity contribution in [2.75, 3.05) is 6.61 Å². The lowest BCUT2D eigenvalue weighted by Crippen LogP contribution is -2.03. The molecule has 0 radical (unpaired) electrons. The lowest BCUT2D eigenvalue weighted by atomic mass is 10.3. The van der Waals surface area contributed by atoms with Crippen molar-refractivity contribution < 1.29 is 10.0 Å². The Hall–Kier alpha value is -1.65. The summed E-state index contributed by atoms with van der Waals surface area (Å²) in [6.07, 6.45) is 0. The van der Waals surface area contributed by atoms with Crippen molar-refractivity contribution in [2.24, 2.45) is 0 Å². The molecule has 0 aromatic carbocycles. The van der Waals surface area contributed by atoms with Crippen LogP contribution in [0.3, 0.4) is 0 Å². The molecule has 1 heterocycles. The maximum absolute atomic E-state index is 10.5. The molecule has 0 spiro atoms. The van der Waals surface area contributed by atoms with Gasteiger partial charge in [0.05, 0.1) is 16.6 Å². The Morgan fingerprint density at radius 1 is 1.75 bits per heavy atom. The van der Waals surface area contributed by atoms with E-state index in [2.05, 4.69) is 4.98 Å². The Morgan fingerprint density at radius 3 is 2.94 bits per heavy atom. The molecule has 7 heteroatoms. The number of rotatable bonds is 4. The molecule has 0 fully saturated rings. The van der Waals surface area contributed by atoms with E-state index >= 15 is 0 Å². The van der Waals surface area contributed by atoms with E-state index in [1.54, 1.807) is 13.0 Å². The third kappa shape index (κ3) is 2.92. The van der Waals surface area contributed by atoms with Crippen molar-refractivity contribution in [2.45, 2.75) is 17.2 Å². The number of aromatic nitrogens is 1. The maximum atomic E-state index is 10.5. The van der Waals surface area contributed by atoms with Crippen LogP contribution in [0.4, 0.5) is 5.69 Å². The van der Waals surface area contributed by atoms with Crippen molar-refractivity contribution in [1.29, 1.82) is 5.26 Å². The molecule has 1 unspecified atom stereocenters. The van der Waals surface area contributed by atoms with Crippen molar-refractivity contribution in [3.63, 3.8) is 0 Å². The van der Waals surface area contributed by atoms with E-state index in [9.17, 15) is 10.1 Å². The van der Waals surface area contributed by atoms with Crippen molar-refractivity contribution in [3.05, 3.63) is 27.9 Å². The normalized spacial score (nSPS) is 11.8. The molecule has 0 amide bonds. The van der Waals surface area contributed by atoms with E-state index in [1.165, 1.54) is 23.9 Å². The van der Waals surface area contributed by atoms with Crippen LogP contribution in [0.5, 0.6) is 0 Å². The molecular formula is C9H9N3O3S. The number of pyridine rings is 1. The second-order valence-electron chi connectivity index (χ2n) is 3.00. The minimum Gasteiger partial charge on any atom is -0.395 e. The second-order valence-corrected chi connectivity index (χ2v) is 4.46. The molecule has 1 aromatic rings. The highest BCUT2D eigenvalue weighted by Crippen LogP contribution is 2.24. The van der Waals surface area contributed by atoms with Gasteiger partial charge in [0.25, 0.3) is 0 Å². The number of hydrogen-bond donors (Lipinski definition) is 1. The molecule has 84 valence electrons. The number of nitrogens with zero attached hydrogens (tertiary/aromatic N) is 3.